The topological polar surface area (TPSA) is 89.7 Å². The van der Waals surface area contributed by atoms with Crippen LogP contribution in [-0.2, 0) is 11.3 Å². The second-order valence-corrected chi connectivity index (χ2v) is 3.72. The van der Waals surface area contributed by atoms with Gasteiger partial charge < -0.3 is 9.84 Å². The van der Waals surface area contributed by atoms with Gasteiger partial charge in [0.1, 0.15) is 0 Å². The van der Waals surface area contributed by atoms with E-state index in [-0.39, 0.29) is 16.8 Å². The summed E-state index contributed by atoms with van der Waals surface area (Å²) in [6.07, 6.45) is 0. The molecule has 0 bridgehead atoms. The molecule has 1 aromatic carbocycles. The number of aliphatic hydroxyl groups is 1. The molecule has 1 aromatic rings. The van der Waals surface area contributed by atoms with E-state index in [0.29, 0.717) is 4.47 Å². The maximum absolute atomic E-state index is 11.3. The van der Waals surface area contributed by atoms with E-state index in [1.165, 1.54) is 13.2 Å². The van der Waals surface area contributed by atoms with Gasteiger partial charge in [-0.05, 0) is 22.0 Å². The summed E-state index contributed by atoms with van der Waals surface area (Å²) in [5, 5.41) is 19.6. The summed E-state index contributed by atoms with van der Waals surface area (Å²) in [5.74, 6) is -0.681. The molecule has 0 radical (unpaired) electrons. The quantitative estimate of drug-likeness (QED) is 0.519. The number of nitro groups is 1. The molecule has 0 aromatic heterocycles. The Labute approximate surface area is 99.1 Å². The van der Waals surface area contributed by atoms with Crippen molar-refractivity contribution in [1.29, 1.82) is 0 Å². The minimum absolute atomic E-state index is 0.0476. The fourth-order valence-electron chi connectivity index (χ4n) is 1.17. The number of hydrogen-bond donors (Lipinski definition) is 1. The first kappa shape index (κ1) is 12.6. The van der Waals surface area contributed by atoms with E-state index in [1.807, 2.05) is 0 Å². The SMILES string of the molecule is COC(=O)c1cc([N+](=O)[O-])c(CO)cc1Br. The monoisotopic (exact) mass is 289 g/mol. The number of halogens is 1. The number of ether oxygens (including phenoxy) is 1. The van der Waals surface area contributed by atoms with Gasteiger partial charge in [0.25, 0.3) is 5.69 Å². The first-order valence-electron chi connectivity index (χ1n) is 4.17. The van der Waals surface area contributed by atoms with Crippen molar-refractivity contribution in [2.75, 3.05) is 7.11 Å². The maximum Gasteiger partial charge on any atom is 0.339 e. The molecule has 0 spiro atoms. The summed E-state index contributed by atoms with van der Waals surface area (Å²) in [6.45, 7) is -0.476. The highest BCUT2D eigenvalue weighted by atomic mass is 79.9. The number of nitrogens with zero attached hydrogens (tertiary/aromatic N) is 1. The molecule has 0 saturated heterocycles. The average molecular weight is 290 g/mol. The van der Waals surface area contributed by atoms with E-state index in [1.54, 1.807) is 0 Å². The van der Waals surface area contributed by atoms with Crippen LogP contribution in [0.1, 0.15) is 15.9 Å². The number of esters is 1. The van der Waals surface area contributed by atoms with Crippen LogP contribution in [0.3, 0.4) is 0 Å². The summed E-state index contributed by atoms with van der Waals surface area (Å²) in [5.41, 5.74) is -0.137. The zero-order chi connectivity index (χ0) is 12.3. The van der Waals surface area contributed by atoms with Crippen molar-refractivity contribution >= 4 is 27.6 Å². The molecule has 0 fully saturated rings. The lowest BCUT2D eigenvalue weighted by Gasteiger charge is -2.05. The van der Waals surface area contributed by atoms with Crippen LogP contribution in [0.25, 0.3) is 0 Å². The van der Waals surface area contributed by atoms with Gasteiger partial charge in [0.15, 0.2) is 0 Å². The zero-order valence-electron chi connectivity index (χ0n) is 8.27. The van der Waals surface area contributed by atoms with Crippen molar-refractivity contribution < 1.29 is 19.6 Å². The Hall–Kier alpha value is -1.47. The fraction of sp³-hybridized carbons (Fsp3) is 0.222. The van der Waals surface area contributed by atoms with Gasteiger partial charge in [0, 0.05) is 10.5 Å². The minimum Gasteiger partial charge on any atom is -0.465 e. The van der Waals surface area contributed by atoms with Gasteiger partial charge in [0.05, 0.1) is 29.8 Å². The molecule has 1 rings (SSSR count). The molecule has 0 saturated carbocycles. The van der Waals surface area contributed by atoms with Crippen LogP contribution < -0.4 is 0 Å². The fourth-order valence-corrected chi connectivity index (χ4v) is 1.72. The molecular weight excluding hydrogens is 282 g/mol. The van der Waals surface area contributed by atoms with E-state index in [9.17, 15) is 14.9 Å². The average Bonchev–Trinajstić information content (AvgIpc) is 2.27. The highest BCUT2D eigenvalue weighted by Crippen LogP contribution is 2.27. The molecule has 1 N–H and O–H groups in total. The Bertz CT molecular complexity index is 446. The number of hydrogen-bond acceptors (Lipinski definition) is 5. The summed E-state index contributed by atoms with van der Waals surface area (Å²) >= 11 is 3.08. The molecule has 0 aliphatic carbocycles. The minimum atomic E-state index is -0.681. The zero-order valence-corrected chi connectivity index (χ0v) is 9.85. The van der Waals surface area contributed by atoms with Gasteiger partial charge in [-0.2, -0.15) is 0 Å². The van der Waals surface area contributed by atoms with Crippen LogP contribution in [-0.4, -0.2) is 23.1 Å². The molecule has 16 heavy (non-hydrogen) atoms. The Morgan fingerprint density at radius 1 is 1.62 bits per heavy atom. The van der Waals surface area contributed by atoms with E-state index in [0.717, 1.165) is 6.07 Å². The van der Waals surface area contributed by atoms with Gasteiger partial charge >= 0.3 is 5.97 Å². The predicted octanol–water partition coefficient (Wildman–Crippen LogP) is 1.64. The molecule has 0 unspecified atom stereocenters. The van der Waals surface area contributed by atoms with E-state index in [2.05, 4.69) is 20.7 Å². The third-order valence-electron chi connectivity index (χ3n) is 1.94. The highest BCUT2D eigenvalue weighted by Gasteiger charge is 2.20. The number of nitro benzene ring substituents is 1. The largest absolute Gasteiger partial charge is 0.465 e. The number of carbonyl (C=O) groups excluding carboxylic acids is 1. The second-order valence-electron chi connectivity index (χ2n) is 2.87. The van der Waals surface area contributed by atoms with E-state index >= 15 is 0 Å². The lowest BCUT2D eigenvalue weighted by Crippen LogP contribution is -2.05. The van der Waals surface area contributed by atoms with Crippen molar-refractivity contribution in [3.05, 3.63) is 37.8 Å². The van der Waals surface area contributed by atoms with Gasteiger partial charge in [-0.15, -0.1) is 0 Å². The Morgan fingerprint density at radius 3 is 2.69 bits per heavy atom. The van der Waals surface area contributed by atoms with Crippen LogP contribution in [0.15, 0.2) is 16.6 Å². The smallest absolute Gasteiger partial charge is 0.339 e. The molecule has 6 nitrogen and oxygen atoms in total. The van der Waals surface area contributed by atoms with Crippen molar-refractivity contribution in [1.82, 2.24) is 0 Å². The van der Waals surface area contributed by atoms with Gasteiger partial charge in [0.2, 0.25) is 0 Å². The standard InChI is InChI=1S/C9H8BrNO5/c1-16-9(13)6-3-8(11(14)15)5(4-12)2-7(6)10/h2-3,12H,4H2,1H3. The Balaban J connectivity index is 3.38. The van der Waals surface area contributed by atoms with Crippen molar-refractivity contribution in [3.8, 4) is 0 Å². The molecule has 0 amide bonds. The normalized spacial score (nSPS) is 9.94. The number of rotatable bonds is 3. The van der Waals surface area contributed by atoms with Crippen LogP contribution in [0, 0.1) is 10.1 Å². The maximum atomic E-state index is 11.3. The van der Waals surface area contributed by atoms with Crippen molar-refractivity contribution in [3.63, 3.8) is 0 Å². The summed E-state index contributed by atoms with van der Waals surface area (Å²) < 4.78 is 4.81. The number of carbonyl (C=O) groups is 1. The number of benzene rings is 1. The highest BCUT2D eigenvalue weighted by molar-refractivity contribution is 9.10. The van der Waals surface area contributed by atoms with Crippen LogP contribution in [0.5, 0.6) is 0 Å². The predicted molar refractivity (Wildman–Crippen MR) is 58.1 cm³/mol. The van der Waals surface area contributed by atoms with E-state index in [4.69, 9.17) is 5.11 Å². The lowest BCUT2D eigenvalue weighted by molar-refractivity contribution is -0.385. The number of methoxy groups -OCH3 is 1. The second kappa shape index (κ2) is 5.04. The summed E-state index contributed by atoms with van der Waals surface area (Å²) in [6, 6.07) is 2.39. The van der Waals surface area contributed by atoms with Gasteiger partial charge in [-0.3, -0.25) is 10.1 Å². The molecule has 86 valence electrons. The van der Waals surface area contributed by atoms with Crippen LogP contribution in [0.4, 0.5) is 5.69 Å². The molecule has 7 heteroatoms. The third kappa shape index (κ3) is 2.37. The summed E-state index contributed by atoms with van der Waals surface area (Å²) in [7, 11) is 1.18. The number of aliphatic hydroxyl groups excluding tert-OH is 1. The molecule has 0 aliphatic rings. The molecular formula is C9H8BrNO5. The Kier molecular flexibility index (Phi) is 3.97. The van der Waals surface area contributed by atoms with Crippen LogP contribution >= 0.6 is 15.9 Å². The van der Waals surface area contributed by atoms with Crippen molar-refractivity contribution in [2.45, 2.75) is 6.61 Å². The van der Waals surface area contributed by atoms with Crippen molar-refractivity contribution in [2.24, 2.45) is 0 Å². The first-order chi connectivity index (χ1) is 7.51. The van der Waals surface area contributed by atoms with Gasteiger partial charge in [-0.1, -0.05) is 0 Å². The molecule has 0 aliphatic heterocycles. The van der Waals surface area contributed by atoms with Gasteiger partial charge in [-0.25, -0.2) is 4.79 Å². The molecule has 0 atom stereocenters. The first-order valence-corrected chi connectivity index (χ1v) is 4.96. The van der Waals surface area contributed by atoms with E-state index < -0.39 is 17.5 Å². The summed E-state index contributed by atoms with van der Waals surface area (Å²) in [4.78, 5) is 21.3. The lowest BCUT2D eigenvalue weighted by atomic mass is 10.1. The van der Waals surface area contributed by atoms with Crippen LogP contribution in [0.2, 0.25) is 0 Å². The third-order valence-corrected chi connectivity index (χ3v) is 2.60. The Morgan fingerprint density at radius 2 is 2.25 bits per heavy atom. The molecule has 0 heterocycles.